The largest absolute Gasteiger partial charge is 0.330 e. The zero-order valence-corrected chi connectivity index (χ0v) is 15.7. The lowest BCUT2D eigenvalue weighted by atomic mass is 9.95. The quantitative estimate of drug-likeness (QED) is 0.727. The van der Waals surface area contributed by atoms with Crippen LogP contribution in [0.4, 0.5) is 10.8 Å². The molecule has 4 rings (SSSR count). The molecule has 1 atom stereocenters. The highest BCUT2D eigenvalue weighted by molar-refractivity contribution is 7.13. The summed E-state index contributed by atoms with van der Waals surface area (Å²) in [5, 5.41) is 15.1. The van der Waals surface area contributed by atoms with Gasteiger partial charge in [0.2, 0.25) is 0 Å². The van der Waals surface area contributed by atoms with Crippen molar-refractivity contribution in [2.24, 2.45) is 0 Å². The maximum atomic E-state index is 8.83. The standard InChI is InChI=1S/C20H20N6S/c21-10-16-6-7-17(11-23-16)24-20-25-19(14-27-20)15-4-3-9-26(12-15)13-18-5-1-2-8-22-18/h1-2,5-8,11,14-15H,3-4,9,12-13H2,(H,24,25). The summed E-state index contributed by atoms with van der Waals surface area (Å²) in [5.74, 6) is 0.452. The van der Waals surface area contributed by atoms with Crippen LogP contribution in [-0.2, 0) is 6.54 Å². The molecule has 1 unspecified atom stereocenters. The molecule has 0 saturated carbocycles. The number of pyridine rings is 2. The van der Waals surface area contributed by atoms with Gasteiger partial charge in [-0.05, 0) is 43.7 Å². The van der Waals surface area contributed by atoms with E-state index in [1.807, 2.05) is 30.5 Å². The van der Waals surface area contributed by atoms with Gasteiger partial charge in [-0.1, -0.05) is 6.07 Å². The van der Waals surface area contributed by atoms with Crippen LogP contribution in [0.1, 0.15) is 35.8 Å². The summed E-state index contributed by atoms with van der Waals surface area (Å²) in [6.07, 6.45) is 5.86. The number of hydrogen-bond donors (Lipinski definition) is 1. The van der Waals surface area contributed by atoms with Crippen LogP contribution in [0.5, 0.6) is 0 Å². The average molecular weight is 376 g/mol. The molecule has 0 amide bonds. The van der Waals surface area contributed by atoms with Crippen molar-refractivity contribution >= 4 is 22.2 Å². The molecule has 0 spiro atoms. The smallest absolute Gasteiger partial charge is 0.187 e. The van der Waals surface area contributed by atoms with Gasteiger partial charge in [0, 0.05) is 30.6 Å². The van der Waals surface area contributed by atoms with Crippen LogP contribution in [-0.4, -0.2) is 32.9 Å². The van der Waals surface area contributed by atoms with Crippen molar-refractivity contribution in [3.8, 4) is 6.07 Å². The fourth-order valence-electron chi connectivity index (χ4n) is 3.35. The molecule has 1 N–H and O–H groups in total. The molecule has 0 aliphatic carbocycles. The Balaban J connectivity index is 1.39. The molecular weight excluding hydrogens is 356 g/mol. The summed E-state index contributed by atoms with van der Waals surface area (Å²) in [4.78, 5) is 15.8. The SMILES string of the molecule is N#Cc1ccc(Nc2nc(C3CCCN(Cc4ccccn4)C3)cs2)cn1. The van der Waals surface area contributed by atoms with E-state index in [0.29, 0.717) is 11.6 Å². The maximum Gasteiger partial charge on any atom is 0.187 e. The van der Waals surface area contributed by atoms with Crippen molar-refractivity contribution in [3.63, 3.8) is 0 Å². The topological polar surface area (TPSA) is 77.7 Å². The van der Waals surface area contributed by atoms with E-state index in [2.05, 4.69) is 31.6 Å². The Kier molecular flexibility index (Phi) is 5.37. The molecule has 1 fully saturated rings. The third-order valence-electron chi connectivity index (χ3n) is 4.69. The molecule has 4 heterocycles. The Morgan fingerprint density at radius 3 is 3.00 bits per heavy atom. The van der Waals surface area contributed by atoms with Gasteiger partial charge in [-0.2, -0.15) is 5.26 Å². The van der Waals surface area contributed by atoms with Gasteiger partial charge in [0.15, 0.2) is 5.13 Å². The van der Waals surface area contributed by atoms with Crippen LogP contribution >= 0.6 is 11.3 Å². The molecular formula is C20H20N6S. The van der Waals surface area contributed by atoms with E-state index in [1.54, 1.807) is 23.6 Å². The number of piperidine rings is 1. The predicted octanol–water partition coefficient (Wildman–Crippen LogP) is 3.93. The van der Waals surface area contributed by atoms with Gasteiger partial charge < -0.3 is 5.32 Å². The van der Waals surface area contributed by atoms with Crippen LogP contribution < -0.4 is 5.32 Å². The van der Waals surface area contributed by atoms with Gasteiger partial charge in [0.05, 0.1) is 23.3 Å². The first-order valence-corrected chi connectivity index (χ1v) is 9.89. The van der Waals surface area contributed by atoms with E-state index >= 15 is 0 Å². The van der Waals surface area contributed by atoms with Crippen molar-refractivity contribution in [1.82, 2.24) is 19.9 Å². The third kappa shape index (κ3) is 4.48. The van der Waals surface area contributed by atoms with E-state index in [-0.39, 0.29) is 0 Å². The summed E-state index contributed by atoms with van der Waals surface area (Å²) in [7, 11) is 0. The number of aromatic nitrogens is 3. The van der Waals surface area contributed by atoms with Crippen LogP contribution in [0.15, 0.2) is 48.1 Å². The Bertz CT molecular complexity index is 916. The van der Waals surface area contributed by atoms with Crippen LogP contribution in [0, 0.1) is 11.3 Å². The highest BCUT2D eigenvalue weighted by Gasteiger charge is 2.23. The average Bonchev–Trinajstić information content (AvgIpc) is 3.18. The van der Waals surface area contributed by atoms with Crippen molar-refractivity contribution < 1.29 is 0 Å². The van der Waals surface area contributed by atoms with Gasteiger partial charge >= 0.3 is 0 Å². The van der Waals surface area contributed by atoms with E-state index in [1.165, 1.54) is 12.8 Å². The first-order chi connectivity index (χ1) is 13.3. The van der Waals surface area contributed by atoms with E-state index in [4.69, 9.17) is 10.2 Å². The maximum absolute atomic E-state index is 8.83. The highest BCUT2D eigenvalue weighted by atomic mass is 32.1. The molecule has 27 heavy (non-hydrogen) atoms. The van der Waals surface area contributed by atoms with E-state index in [9.17, 15) is 0 Å². The number of nitriles is 1. The number of nitrogens with zero attached hydrogens (tertiary/aromatic N) is 5. The molecule has 1 aliphatic rings. The lowest BCUT2D eigenvalue weighted by Crippen LogP contribution is -2.34. The van der Waals surface area contributed by atoms with Crippen molar-refractivity contribution in [2.75, 3.05) is 18.4 Å². The number of hydrogen-bond acceptors (Lipinski definition) is 7. The Morgan fingerprint density at radius 1 is 1.26 bits per heavy atom. The minimum atomic E-state index is 0.413. The fraction of sp³-hybridized carbons (Fsp3) is 0.300. The summed E-state index contributed by atoms with van der Waals surface area (Å²) >= 11 is 1.61. The minimum Gasteiger partial charge on any atom is -0.330 e. The van der Waals surface area contributed by atoms with Gasteiger partial charge in [0.1, 0.15) is 11.8 Å². The van der Waals surface area contributed by atoms with Crippen molar-refractivity contribution in [2.45, 2.75) is 25.3 Å². The zero-order chi connectivity index (χ0) is 18.5. The Hall–Kier alpha value is -2.82. The molecule has 7 heteroatoms. The number of anilines is 2. The molecule has 1 saturated heterocycles. The van der Waals surface area contributed by atoms with E-state index < -0.39 is 0 Å². The third-order valence-corrected chi connectivity index (χ3v) is 5.46. The van der Waals surface area contributed by atoms with Gasteiger partial charge in [-0.3, -0.25) is 9.88 Å². The van der Waals surface area contributed by atoms with E-state index in [0.717, 1.165) is 41.8 Å². The predicted molar refractivity (Wildman–Crippen MR) is 106 cm³/mol. The molecule has 136 valence electrons. The lowest BCUT2D eigenvalue weighted by molar-refractivity contribution is 0.197. The molecule has 0 aromatic carbocycles. The highest BCUT2D eigenvalue weighted by Crippen LogP contribution is 2.31. The molecule has 3 aromatic rings. The molecule has 6 nitrogen and oxygen atoms in total. The molecule has 3 aromatic heterocycles. The van der Waals surface area contributed by atoms with Crippen LogP contribution in [0.25, 0.3) is 0 Å². The van der Waals surface area contributed by atoms with Gasteiger partial charge in [0.25, 0.3) is 0 Å². The summed E-state index contributed by atoms with van der Waals surface area (Å²) < 4.78 is 0. The first kappa shape index (κ1) is 17.6. The number of nitrogens with one attached hydrogen (secondary N) is 1. The van der Waals surface area contributed by atoms with Gasteiger partial charge in [-0.25, -0.2) is 9.97 Å². The molecule has 1 aliphatic heterocycles. The normalized spacial score (nSPS) is 17.4. The number of rotatable bonds is 5. The van der Waals surface area contributed by atoms with Crippen LogP contribution in [0.3, 0.4) is 0 Å². The van der Waals surface area contributed by atoms with Crippen LogP contribution in [0.2, 0.25) is 0 Å². The van der Waals surface area contributed by atoms with Gasteiger partial charge in [-0.15, -0.1) is 11.3 Å². The summed E-state index contributed by atoms with van der Waals surface area (Å²) in [6, 6.07) is 11.7. The second kappa shape index (κ2) is 8.25. The monoisotopic (exact) mass is 376 g/mol. The number of thiazole rings is 1. The Labute approximate surface area is 162 Å². The summed E-state index contributed by atoms with van der Waals surface area (Å²) in [6.45, 7) is 3.01. The Morgan fingerprint density at radius 2 is 2.22 bits per heavy atom. The lowest BCUT2D eigenvalue weighted by Gasteiger charge is -2.31. The number of likely N-dealkylation sites (tertiary alicyclic amines) is 1. The summed E-state index contributed by atoms with van der Waals surface area (Å²) in [5.41, 5.74) is 3.52. The first-order valence-electron chi connectivity index (χ1n) is 9.01. The van der Waals surface area contributed by atoms with Crippen molar-refractivity contribution in [3.05, 3.63) is 65.2 Å². The second-order valence-electron chi connectivity index (χ2n) is 6.64. The molecule has 0 radical (unpaired) electrons. The zero-order valence-electron chi connectivity index (χ0n) is 14.9. The fourth-order valence-corrected chi connectivity index (χ4v) is 4.16. The molecule has 0 bridgehead atoms. The minimum absolute atomic E-state index is 0.413. The second-order valence-corrected chi connectivity index (χ2v) is 7.50. The van der Waals surface area contributed by atoms with Crippen molar-refractivity contribution in [1.29, 1.82) is 5.26 Å².